The van der Waals surface area contributed by atoms with Crippen molar-refractivity contribution in [3.05, 3.63) is 23.9 Å². The van der Waals surface area contributed by atoms with Gasteiger partial charge in [0.2, 0.25) is 0 Å². The number of methoxy groups -OCH3 is 1. The van der Waals surface area contributed by atoms with Gasteiger partial charge in [0.15, 0.2) is 5.11 Å². The van der Waals surface area contributed by atoms with E-state index in [1.807, 2.05) is 25.1 Å². The summed E-state index contributed by atoms with van der Waals surface area (Å²) in [4.78, 5) is 15.2. The molecule has 0 amide bonds. The van der Waals surface area contributed by atoms with Crippen LogP contribution in [0.1, 0.15) is 24.3 Å². The first kappa shape index (κ1) is 16.1. The van der Waals surface area contributed by atoms with E-state index in [9.17, 15) is 4.79 Å². The summed E-state index contributed by atoms with van der Waals surface area (Å²) in [6, 6.07) is 5.50. The molecule has 1 aromatic heterocycles. The van der Waals surface area contributed by atoms with Crippen LogP contribution < -0.4 is 15.4 Å². The largest absolute Gasteiger partial charge is 0.497 e. The van der Waals surface area contributed by atoms with Gasteiger partial charge in [-0.25, -0.2) is 4.79 Å². The summed E-state index contributed by atoms with van der Waals surface area (Å²) in [5.41, 5.74) is 1.72. The minimum absolute atomic E-state index is 0.300. The first-order valence-corrected chi connectivity index (χ1v) is 7.43. The van der Waals surface area contributed by atoms with Gasteiger partial charge in [0, 0.05) is 17.4 Å². The maximum absolute atomic E-state index is 12.1. The number of hydrogen-bond acceptors (Lipinski definition) is 4. The minimum atomic E-state index is -0.431. The molecule has 0 fully saturated rings. The number of benzene rings is 1. The summed E-state index contributed by atoms with van der Waals surface area (Å²) in [6.45, 7) is 4.69. The van der Waals surface area contributed by atoms with Gasteiger partial charge >= 0.3 is 5.97 Å². The molecule has 1 aromatic carbocycles. The van der Waals surface area contributed by atoms with Crippen molar-refractivity contribution in [2.75, 3.05) is 25.6 Å². The van der Waals surface area contributed by atoms with Gasteiger partial charge in [-0.15, -0.1) is 0 Å². The Kier molecular flexibility index (Phi) is 5.21. The smallest absolute Gasteiger partial charge is 0.356 e. The van der Waals surface area contributed by atoms with E-state index in [1.54, 1.807) is 14.0 Å². The van der Waals surface area contributed by atoms with E-state index in [0.29, 0.717) is 35.4 Å². The second-order valence-electron chi connectivity index (χ2n) is 4.49. The molecule has 0 saturated carbocycles. The number of thiocarbonyl (C=S) groups is 1. The van der Waals surface area contributed by atoms with Gasteiger partial charge in [0.05, 0.1) is 19.4 Å². The molecule has 0 aliphatic rings. The molecule has 0 saturated heterocycles. The number of nitrogens with one attached hydrogen (secondary N) is 3. The SMILES string of the molecule is CCNC(=S)Nc1c(C(=O)OCC)[nH]c2ccc(OC)cc12. The van der Waals surface area contributed by atoms with Crippen LogP contribution in [0.4, 0.5) is 5.69 Å². The number of carbonyl (C=O) groups excluding carboxylic acids is 1. The Bertz CT molecular complexity index is 697. The van der Waals surface area contributed by atoms with E-state index >= 15 is 0 Å². The fraction of sp³-hybridized carbons (Fsp3) is 0.333. The van der Waals surface area contributed by atoms with Crippen LogP contribution in [0.25, 0.3) is 10.9 Å². The zero-order valence-corrected chi connectivity index (χ0v) is 13.6. The molecule has 0 spiro atoms. The molecule has 0 aliphatic carbocycles. The number of H-pyrrole nitrogens is 1. The van der Waals surface area contributed by atoms with E-state index in [-0.39, 0.29) is 0 Å². The Hall–Kier alpha value is -2.28. The molecule has 0 unspecified atom stereocenters. The van der Waals surface area contributed by atoms with Crippen LogP contribution in [-0.2, 0) is 4.74 Å². The van der Waals surface area contributed by atoms with E-state index in [4.69, 9.17) is 21.7 Å². The average Bonchev–Trinajstić information content (AvgIpc) is 2.85. The topological polar surface area (TPSA) is 75.4 Å². The molecule has 0 radical (unpaired) electrons. The quantitative estimate of drug-likeness (QED) is 0.581. The molecular weight excluding hydrogens is 302 g/mol. The molecule has 0 atom stereocenters. The lowest BCUT2D eigenvalue weighted by Gasteiger charge is -2.10. The van der Waals surface area contributed by atoms with Crippen LogP contribution in [0.5, 0.6) is 5.75 Å². The number of carbonyl (C=O) groups is 1. The molecule has 2 rings (SSSR count). The lowest BCUT2D eigenvalue weighted by Crippen LogP contribution is -2.28. The van der Waals surface area contributed by atoms with E-state index in [2.05, 4.69) is 15.6 Å². The Balaban J connectivity index is 2.51. The zero-order chi connectivity index (χ0) is 16.1. The molecule has 0 bridgehead atoms. The van der Waals surface area contributed by atoms with Crippen LogP contribution in [0.15, 0.2) is 18.2 Å². The van der Waals surface area contributed by atoms with Crippen molar-refractivity contribution in [2.45, 2.75) is 13.8 Å². The van der Waals surface area contributed by atoms with Crippen LogP contribution in [0.3, 0.4) is 0 Å². The average molecular weight is 321 g/mol. The highest BCUT2D eigenvalue weighted by molar-refractivity contribution is 7.80. The van der Waals surface area contributed by atoms with Gasteiger partial charge < -0.3 is 25.1 Å². The van der Waals surface area contributed by atoms with Gasteiger partial charge in [-0.3, -0.25) is 0 Å². The third kappa shape index (κ3) is 3.30. The van der Waals surface area contributed by atoms with E-state index in [0.717, 1.165) is 10.9 Å². The van der Waals surface area contributed by atoms with Crippen molar-refractivity contribution in [1.82, 2.24) is 10.3 Å². The fourth-order valence-corrected chi connectivity index (χ4v) is 2.35. The van der Waals surface area contributed by atoms with Crippen molar-refractivity contribution in [1.29, 1.82) is 0 Å². The Morgan fingerprint density at radius 2 is 2.14 bits per heavy atom. The van der Waals surface area contributed by atoms with Crippen LogP contribution >= 0.6 is 12.2 Å². The molecule has 7 heteroatoms. The van der Waals surface area contributed by atoms with Crippen LogP contribution in [0.2, 0.25) is 0 Å². The molecule has 3 N–H and O–H groups in total. The first-order valence-electron chi connectivity index (χ1n) is 7.02. The lowest BCUT2D eigenvalue weighted by molar-refractivity contribution is 0.0522. The van der Waals surface area contributed by atoms with Gasteiger partial charge in [0.25, 0.3) is 0 Å². The summed E-state index contributed by atoms with van der Waals surface area (Å²) in [5, 5.41) is 7.31. The number of hydrogen-bond donors (Lipinski definition) is 3. The van der Waals surface area contributed by atoms with Gasteiger partial charge in [-0.2, -0.15) is 0 Å². The van der Waals surface area contributed by atoms with E-state index in [1.165, 1.54) is 0 Å². The van der Waals surface area contributed by atoms with Crippen molar-refractivity contribution in [2.24, 2.45) is 0 Å². The highest BCUT2D eigenvalue weighted by atomic mass is 32.1. The molecule has 0 aliphatic heterocycles. The summed E-state index contributed by atoms with van der Waals surface area (Å²) >= 11 is 5.22. The Morgan fingerprint density at radius 3 is 2.77 bits per heavy atom. The normalized spacial score (nSPS) is 10.3. The molecular formula is C15H19N3O3S. The number of anilines is 1. The van der Waals surface area contributed by atoms with Crippen LogP contribution in [0, 0.1) is 0 Å². The fourth-order valence-electron chi connectivity index (χ4n) is 2.10. The Morgan fingerprint density at radius 1 is 1.36 bits per heavy atom. The first-order chi connectivity index (χ1) is 10.6. The number of esters is 1. The van der Waals surface area contributed by atoms with Gasteiger partial charge in [0.1, 0.15) is 11.4 Å². The molecule has 1 heterocycles. The summed E-state index contributed by atoms with van der Waals surface area (Å²) in [5.74, 6) is 0.263. The van der Waals surface area contributed by atoms with Crippen molar-refractivity contribution < 1.29 is 14.3 Å². The Labute approximate surface area is 134 Å². The third-order valence-electron chi connectivity index (χ3n) is 3.06. The highest BCUT2D eigenvalue weighted by Crippen LogP contribution is 2.31. The predicted octanol–water partition coefficient (Wildman–Crippen LogP) is 2.66. The van der Waals surface area contributed by atoms with E-state index < -0.39 is 5.97 Å². The number of ether oxygens (including phenoxy) is 2. The van der Waals surface area contributed by atoms with Crippen molar-refractivity contribution >= 4 is 39.9 Å². The predicted molar refractivity (Wildman–Crippen MR) is 90.7 cm³/mol. The summed E-state index contributed by atoms with van der Waals surface area (Å²) in [7, 11) is 1.59. The number of fused-ring (bicyclic) bond motifs is 1. The highest BCUT2D eigenvalue weighted by Gasteiger charge is 2.20. The molecule has 22 heavy (non-hydrogen) atoms. The van der Waals surface area contributed by atoms with Gasteiger partial charge in [-0.05, 0) is 44.3 Å². The maximum Gasteiger partial charge on any atom is 0.356 e. The third-order valence-corrected chi connectivity index (χ3v) is 3.31. The second kappa shape index (κ2) is 7.13. The number of aromatic amines is 1. The molecule has 118 valence electrons. The lowest BCUT2D eigenvalue weighted by atomic mass is 10.2. The van der Waals surface area contributed by atoms with Gasteiger partial charge in [-0.1, -0.05) is 0 Å². The monoisotopic (exact) mass is 321 g/mol. The standard InChI is InChI=1S/C15H19N3O3S/c1-4-16-15(22)18-12-10-8-9(20-3)6-7-11(10)17-13(12)14(19)21-5-2/h6-8,17H,4-5H2,1-3H3,(H2,16,18,22). The van der Waals surface area contributed by atoms with Crippen LogP contribution in [-0.4, -0.2) is 36.3 Å². The summed E-state index contributed by atoms with van der Waals surface area (Å²) in [6.07, 6.45) is 0. The van der Waals surface area contributed by atoms with Crippen molar-refractivity contribution in [3.8, 4) is 5.75 Å². The second-order valence-corrected chi connectivity index (χ2v) is 4.90. The maximum atomic E-state index is 12.1. The van der Waals surface area contributed by atoms with Crippen molar-refractivity contribution in [3.63, 3.8) is 0 Å². The zero-order valence-electron chi connectivity index (χ0n) is 12.8. The summed E-state index contributed by atoms with van der Waals surface area (Å²) < 4.78 is 10.3. The molecule has 6 nitrogen and oxygen atoms in total. The molecule has 2 aromatic rings. The number of rotatable bonds is 5. The minimum Gasteiger partial charge on any atom is -0.497 e. The number of aromatic nitrogens is 1.